The molecule has 2 aromatic carbocycles. The molecule has 118 valence electrons. The van der Waals surface area contributed by atoms with Gasteiger partial charge in [-0.25, -0.2) is 4.79 Å². The van der Waals surface area contributed by atoms with Crippen LogP contribution in [0, 0.1) is 0 Å². The Morgan fingerprint density at radius 3 is 2.57 bits per heavy atom. The van der Waals surface area contributed by atoms with Gasteiger partial charge in [0.15, 0.2) is 0 Å². The van der Waals surface area contributed by atoms with Gasteiger partial charge >= 0.3 is 11.6 Å². The van der Waals surface area contributed by atoms with Crippen LogP contribution in [0.3, 0.4) is 0 Å². The molecular formula is C17H15NO5. The summed E-state index contributed by atoms with van der Waals surface area (Å²) in [6.45, 7) is 1.56. The van der Waals surface area contributed by atoms with Crippen molar-refractivity contribution >= 4 is 27.7 Å². The zero-order valence-electron chi connectivity index (χ0n) is 12.4. The van der Waals surface area contributed by atoms with Gasteiger partial charge < -0.3 is 19.9 Å². The molecule has 1 heterocycles. The summed E-state index contributed by atoms with van der Waals surface area (Å²) in [6, 6.07) is 9.45. The fourth-order valence-corrected chi connectivity index (χ4v) is 2.50. The molecule has 0 aliphatic rings. The predicted molar refractivity (Wildman–Crippen MR) is 85.6 cm³/mol. The maximum Gasteiger partial charge on any atom is 0.344 e. The van der Waals surface area contributed by atoms with Crippen molar-refractivity contribution in [2.45, 2.75) is 19.5 Å². The quantitative estimate of drug-likeness (QED) is 0.504. The third-order valence-electron chi connectivity index (χ3n) is 3.82. The van der Waals surface area contributed by atoms with Crippen LogP contribution in [-0.2, 0) is 11.3 Å². The van der Waals surface area contributed by atoms with Crippen LogP contribution in [-0.4, -0.2) is 22.2 Å². The molecule has 0 saturated heterocycles. The number of hydrogen-bond donors (Lipinski definition) is 3. The molecule has 3 rings (SSSR count). The summed E-state index contributed by atoms with van der Waals surface area (Å²) in [7, 11) is 0. The van der Waals surface area contributed by atoms with Gasteiger partial charge in [-0.3, -0.25) is 4.79 Å². The number of aliphatic carboxylic acids is 1. The third-order valence-corrected chi connectivity index (χ3v) is 3.82. The summed E-state index contributed by atoms with van der Waals surface area (Å²) in [5, 5.41) is 23.7. The first-order chi connectivity index (χ1) is 11.0. The second kappa shape index (κ2) is 5.73. The molecule has 0 amide bonds. The lowest BCUT2D eigenvalue weighted by Crippen LogP contribution is -2.33. The lowest BCUT2D eigenvalue weighted by molar-refractivity contribution is -0.139. The third kappa shape index (κ3) is 2.64. The van der Waals surface area contributed by atoms with Crippen LogP contribution in [0.5, 0.6) is 5.75 Å². The lowest BCUT2D eigenvalue weighted by Gasteiger charge is -2.12. The first-order valence-electron chi connectivity index (χ1n) is 7.11. The number of nitrogens with one attached hydrogen (secondary N) is 1. The molecule has 1 atom stereocenters. The molecule has 6 heteroatoms. The number of carboxylic acids is 1. The van der Waals surface area contributed by atoms with Gasteiger partial charge in [0, 0.05) is 11.9 Å². The Labute approximate surface area is 131 Å². The normalized spacial score (nSPS) is 12.6. The van der Waals surface area contributed by atoms with Crippen molar-refractivity contribution < 1.29 is 19.4 Å². The summed E-state index contributed by atoms with van der Waals surface area (Å²) in [5.41, 5.74) is 0.128. The number of carbonyl (C=O) groups is 1. The summed E-state index contributed by atoms with van der Waals surface area (Å²) in [4.78, 5) is 23.0. The van der Waals surface area contributed by atoms with Crippen LogP contribution in [0.4, 0.5) is 0 Å². The van der Waals surface area contributed by atoms with Gasteiger partial charge in [0.05, 0.1) is 10.9 Å². The van der Waals surface area contributed by atoms with Gasteiger partial charge in [0.25, 0.3) is 0 Å². The standard InChI is InChI=1S/C17H15NO5/c1-9(16(20)21)18-8-13-14(19)7-6-11-10-4-2-3-5-12(10)17(22)23-15(11)13/h2-7,9,18-19H,8H2,1H3,(H,20,21)/t9-/m1/s1. The fraction of sp³-hybridized carbons (Fsp3) is 0.176. The monoisotopic (exact) mass is 313 g/mol. The van der Waals surface area contributed by atoms with E-state index in [9.17, 15) is 14.7 Å². The molecular weight excluding hydrogens is 298 g/mol. The highest BCUT2D eigenvalue weighted by atomic mass is 16.4. The Morgan fingerprint density at radius 1 is 1.17 bits per heavy atom. The minimum atomic E-state index is -1.00. The number of phenols is 1. The molecule has 0 fully saturated rings. The van der Waals surface area contributed by atoms with Gasteiger partial charge in [-0.15, -0.1) is 0 Å². The van der Waals surface area contributed by atoms with E-state index in [0.717, 1.165) is 5.39 Å². The van der Waals surface area contributed by atoms with Crippen molar-refractivity contribution in [1.29, 1.82) is 0 Å². The van der Waals surface area contributed by atoms with Gasteiger partial charge in [0.2, 0.25) is 0 Å². The van der Waals surface area contributed by atoms with Gasteiger partial charge in [0.1, 0.15) is 17.4 Å². The molecule has 1 aromatic heterocycles. The second-order valence-electron chi connectivity index (χ2n) is 5.32. The molecule has 6 nitrogen and oxygen atoms in total. The maximum atomic E-state index is 12.1. The van der Waals surface area contributed by atoms with Crippen LogP contribution in [0.15, 0.2) is 45.6 Å². The number of rotatable bonds is 4. The van der Waals surface area contributed by atoms with E-state index in [-0.39, 0.29) is 17.9 Å². The molecule has 23 heavy (non-hydrogen) atoms. The first-order valence-corrected chi connectivity index (χ1v) is 7.11. The summed E-state index contributed by atoms with van der Waals surface area (Å²) in [5.74, 6) is -1.06. The summed E-state index contributed by atoms with van der Waals surface area (Å²) in [6.07, 6.45) is 0. The van der Waals surface area contributed by atoms with Gasteiger partial charge in [-0.05, 0) is 30.5 Å². The highest BCUT2D eigenvalue weighted by molar-refractivity contribution is 6.05. The Kier molecular flexibility index (Phi) is 3.75. The number of phenolic OH excluding ortho intramolecular Hbond substituents is 1. The van der Waals surface area contributed by atoms with E-state index in [1.807, 2.05) is 12.1 Å². The lowest BCUT2D eigenvalue weighted by atomic mass is 10.0. The van der Waals surface area contributed by atoms with Crippen molar-refractivity contribution in [3.63, 3.8) is 0 Å². The topological polar surface area (TPSA) is 99.8 Å². The van der Waals surface area contributed by atoms with Crippen LogP contribution in [0.2, 0.25) is 0 Å². The molecule has 0 aliphatic heterocycles. The number of benzene rings is 2. The molecule has 3 N–H and O–H groups in total. The highest BCUT2D eigenvalue weighted by Gasteiger charge is 2.16. The van der Waals surface area contributed by atoms with E-state index < -0.39 is 17.6 Å². The van der Waals surface area contributed by atoms with Crippen molar-refractivity contribution in [3.8, 4) is 5.75 Å². The molecule has 0 aliphatic carbocycles. The number of hydrogen-bond acceptors (Lipinski definition) is 5. The number of fused-ring (bicyclic) bond motifs is 3. The van der Waals surface area contributed by atoms with Gasteiger partial charge in [-0.1, -0.05) is 18.2 Å². The maximum absolute atomic E-state index is 12.1. The summed E-state index contributed by atoms with van der Waals surface area (Å²) >= 11 is 0. The molecule has 0 spiro atoms. The van der Waals surface area contributed by atoms with E-state index in [4.69, 9.17) is 9.52 Å². The van der Waals surface area contributed by atoms with E-state index in [2.05, 4.69) is 5.32 Å². The van der Waals surface area contributed by atoms with Crippen LogP contribution in [0.1, 0.15) is 12.5 Å². The molecule has 0 radical (unpaired) electrons. The minimum Gasteiger partial charge on any atom is -0.507 e. The van der Waals surface area contributed by atoms with Gasteiger partial charge in [-0.2, -0.15) is 0 Å². The van der Waals surface area contributed by atoms with Crippen molar-refractivity contribution in [2.75, 3.05) is 0 Å². The molecule has 0 saturated carbocycles. The SMILES string of the molecule is C[C@@H](NCc1c(O)ccc2c1oc(=O)c1ccccc12)C(=O)O. The van der Waals surface area contributed by atoms with Crippen LogP contribution in [0.25, 0.3) is 21.7 Å². The predicted octanol–water partition coefficient (Wildman–Crippen LogP) is 2.21. The zero-order valence-corrected chi connectivity index (χ0v) is 12.4. The minimum absolute atomic E-state index is 0.0546. The van der Waals surface area contributed by atoms with Crippen molar-refractivity contribution in [2.24, 2.45) is 0 Å². The Morgan fingerprint density at radius 2 is 1.87 bits per heavy atom. The second-order valence-corrected chi connectivity index (χ2v) is 5.32. The van der Waals surface area contributed by atoms with Crippen LogP contribution < -0.4 is 10.9 Å². The average Bonchev–Trinajstić information content (AvgIpc) is 2.54. The number of aromatic hydroxyl groups is 1. The van der Waals surface area contributed by atoms with E-state index in [0.29, 0.717) is 16.3 Å². The largest absolute Gasteiger partial charge is 0.507 e. The van der Waals surface area contributed by atoms with E-state index in [1.54, 1.807) is 18.2 Å². The Bertz CT molecular complexity index is 960. The first kappa shape index (κ1) is 15.1. The summed E-state index contributed by atoms with van der Waals surface area (Å²) < 4.78 is 5.38. The van der Waals surface area contributed by atoms with Crippen molar-refractivity contribution in [1.82, 2.24) is 5.32 Å². The smallest absolute Gasteiger partial charge is 0.344 e. The molecule has 0 unspecified atom stereocenters. The fourth-order valence-electron chi connectivity index (χ4n) is 2.50. The zero-order chi connectivity index (χ0) is 16.6. The van der Waals surface area contributed by atoms with E-state index >= 15 is 0 Å². The molecule has 3 aromatic rings. The number of carboxylic acid groups (broad SMARTS) is 1. The Hall–Kier alpha value is -2.86. The van der Waals surface area contributed by atoms with E-state index in [1.165, 1.54) is 13.0 Å². The Balaban J connectivity index is 2.19. The van der Waals surface area contributed by atoms with Crippen molar-refractivity contribution in [3.05, 3.63) is 52.4 Å². The average molecular weight is 313 g/mol. The van der Waals surface area contributed by atoms with Crippen LogP contribution >= 0.6 is 0 Å². The highest BCUT2D eigenvalue weighted by Crippen LogP contribution is 2.30. The molecule has 0 bridgehead atoms.